The number of hydrogen-bond donors (Lipinski definition) is 1. The van der Waals surface area contributed by atoms with E-state index in [9.17, 15) is 4.79 Å². The van der Waals surface area contributed by atoms with Crippen molar-refractivity contribution >= 4 is 35.5 Å². The van der Waals surface area contributed by atoms with E-state index in [4.69, 9.17) is 11.6 Å². The maximum absolute atomic E-state index is 11.8. The number of nitrogens with one attached hydrogen (secondary N) is 1. The van der Waals surface area contributed by atoms with Gasteiger partial charge in [-0.15, -0.1) is 11.8 Å². The van der Waals surface area contributed by atoms with E-state index < -0.39 is 0 Å². The van der Waals surface area contributed by atoms with Gasteiger partial charge in [-0.25, -0.2) is 5.43 Å². The summed E-state index contributed by atoms with van der Waals surface area (Å²) in [6.07, 6.45) is 1.58. The van der Waals surface area contributed by atoms with Crippen LogP contribution in [0.3, 0.4) is 0 Å². The van der Waals surface area contributed by atoms with Gasteiger partial charge in [0, 0.05) is 10.8 Å². The first kappa shape index (κ1) is 17.6. The topological polar surface area (TPSA) is 41.5 Å². The molecule has 1 amide bonds. The van der Waals surface area contributed by atoms with Gasteiger partial charge in [-0.05, 0) is 37.1 Å². The molecule has 0 heterocycles. The number of carbonyl (C=O) groups excluding carboxylic acids is 1. The highest BCUT2D eigenvalue weighted by Gasteiger charge is 2.02. The van der Waals surface area contributed by atoms with Crippen LogP contribution in [0.5, 0.6) is 0 Å². The van der Waals surface area contributed by atoms with Crippen LogP contribution in [0.2, 0.25) is 5.02 Å². The SMILES string of the molecule is Cc1cc(C)cc(CSCC(=O)N/N=C\c2cccc(Cl)c2)c1. The molecule has 0 bridgehead atoms. The Kier molecular flexibility index (Phi) is 6.68. The maximum Gasteiger partial charge on any atom is 0.250 e. The lowest BCUT2D eigenvalue weighted by Crippen LogP contribution is -2.19. The summed E-state index contributed by atoms with van der Waals surface area (Å²) in [6.45, 7) is 4.16. The summed E-state index contributed by atoms with van der Waals surface area (Å²) in [6, 6.07) is 13.7. The van der Waals surface area contributed by atoms with Crippen molar-refractivity contribution in [2.75, 3.05) is 5.75 Å². The van der Waals surface area contributed by atoms with Crippen molar-refractivity contribution in [3.8, 4) is 0 Å². The van der Waals surface area contributed by atoms with Crippen LogP contribution in [0, 0.1) is 13.8 Å². The number of hydrazone groups is 1. The third-order valence-corrected chi connectivity index (χ3v) is 4.27. The highest BCUT2D eigenvalue weighted by atomic mass is 35.5. The second-order valence-corrected chi connectivity index (χ2v) is 6.76. The molecule has 23 heavy (non-hydrogen) atoms. The smallest absolute Gasteiger partial charge is 0.250 e. The number of halogens is 1. The van der Waals surface area contributed by atoms with Gasteiger partial charge in [0.2, 0.25) is 5.91 Å². The van der Waals surface area contributed by atoms with Gasteiger partial charge in [0.15, 0.2) is 0 Å². The van der Waals surface area contributed by atoms with Crippen LogP contribution in [0.1, 0.15) is 22.3 Å². The molecule has 2 aromatic carbocycles. The maximum atomic E-state index is 11.8. The predicted octanol–water partition coefficient (Wildman–Crippen LogP) is 4.34. The fourth-order valence-corrected chi connectivity index (χ4v) is 3.16. The molecule has 3 nitrogen and oxygen atoms in total. The zero-order chi connectivity index (χ0) is 16.7. The Morgan fingerprint density at radius 1 is 1.22 bits per heavy atom. The Bertz CT molecular complexity index is 696. The molecule has 0 atom stereocenters. The van der Waals surface area contributed by atoms with E-state index in [1.165, 1.54) is 16.7 Å². The zero-order valence-electron chi connectivity index (χ0n) is 13.2. The number of amides is 1. The number of benzene rings is 2. The van der Waals surface area contributed by atoms with Gasteiger partial charge in [0.05, 0.1) is 12.0 Å². The first-order chi connectivity index (χ1) is 11.0. The van der Waals surface area contributed by atoms with Crippen LogP contribution >= 0.6 is 23.4 Å². The Hall–Kier alpha value is -1.78. The minimum absolute atomic E-state index is 0.113. The van der Waals surface area contributed by atoms with E-state index in [0.717, 1.165) is 11.3 Å². The highest BCUT2D eigenvalue weighted by Crippen LogP contribution is 2.15. The highest BCUT2D eigenvalue weighted by molar-refractivity contribution is 7.99. The van der Waals surface area contributed by atoms with Crippen LogP contribution < -0.4 is 5.43 Å². The molecule has 2 rings (SSSR count). The zero-order valence-corrected chi connectivity index (χ0v) is 14.7. The number of nitrogens with zero attached hydrogens (tertiary/aromatic N) is 1. The van der Waals surface area contributed by atoms with Gasteiger partial charge in [-0.2, -0.15) is 5.10 Å². The first-order valence-electron chi connectivity index (χ1n) is 7.25. The number of hydrogen-bond acceptors (Lipinski definition) is 3. The average Bonchev–Trinajstić information content (AvgIpc) is 2.46. The van der Waals surface area contributed by atoms with Gasteiger partial charge in [0.1, 0.15) is 0 Å². The van der Waals surface area contributed by atoms with Crippen molar-refractivity contribution in [1.29, 1.82) is 0 Å². The predicted molar refractivity (Wildman–Crippen MR) is 99.3 cm³/mol. The molecule has 120 valence electrons. The van der Waals surface area contributed by atoms with E-state index in [0.29, 0.717) is 10.8 Å². The third kappa shape index (κ3) is 6.47. The summed E-state index contributed by atoms with van der Waals surface area (Å²) in [4.78, 5) is 11.8. The quantitative estimate of drug-likeness (QED) is 0.624. The summed E-state index contributed by atoms with van der Waals surface area (Å²) in [5.41, 5.74) is 7.11. The molecule has 0 aromatic heterocycles. The second-order valence-electron chi connectivity index (χ2n) is 5.34. The van der Waals surface area contributed by atoms with Crippen LogP contribution in [0.25, 0.3) is 0 Å². The van der Waals surface area contributed by atoms with Crippen molar-refractivity contribution in [2.45, 2.75) is 19.6 Å². The van der Waals surface area contributed by atoms with Gasteiger partial charge in [-0.3, -0.25) is 4.79 Å². The van der Waals surface area contributed by atoms with Crippen molar-refractivity contribution in [2.24, 2.45) is 5.10 Å². The van der Waals surface area contributed by atoms with Crippen LogP contribution in [0.4, 0.5) is 0 Å². The molecular weight excluding hydrogens is 328 g/mol. The summed E-state index contributed by atoms with van der Waals surface area (Å²) in [5.74, 6) is 1.08. The minimum atomic E-state index is -0.113. The van der Waals surface area contributed by atoms with E-state index in [2.05, 4.69) is 42.6 Å². The van der Waals surface area contributed by atoms with E-state index >= 15 is 0 Å². The van der Waals surface area contributed by atoms with Crippen molar-refractivity contribution < 1.29 is 4.79 Å². The Labute approximate surface area is 146 Å². The first-order valence-corrected chi connectivity index (χ1v) is 8.78. The largest absolute Gasteiger partial charge is 0.272 e. The second kappa shape index (κ2) is 8.75. The number of carbonyl (C=O) groups is 1. The molecule has 2 aromatic rings. The van der Waals surface area contributed by atoms with E-state index in [1.807, 2.05) is 12.1 Å². The minimum Gasteiger partial charge on any atom is -0.272 e. The molecule has 0 aliphatic carbocycles. The Morgan fingerprint density at radius 3 is 2.65 bits per heavy atom. The summed E-state index contributed by atoms with van der Waals surface area (Å²) in [5, 5.41) is 4.58. The van der Waals surface area contributed by atoms with E-state index in [-0.39, 0.29) is 5.91 Å². The Morgan fingerprint density at radius 2 is 1.96 bits per heavy atom. The van der Waals surface area contributed by atoms with Gasteiger partial charge < -0.3 is 0 Å². The molecule has 0 aliphatic heterocycles. The number of aryl methyl sites for hydroxylation is 2. The summed E-state index contributed by atoms with van der Waals surface area (Å²) < 4.78 is 0. The van der Waals surface area contributed by atoms with Gasteiger partial charge >= 0.3 is 0 Å². The van der Waals surface area contributed by atoms with Crippen molar-refractivity contribution in [3.05, 3.63) is 69.7 Å². The molecule has 0 radical (unpaired) electrons. The molecule has 0 unspecified atom stereocenters. The lowest BCUT2D eigenvalue weighted by molar-refractivity contribution is -0.118. The van der Waals surface area contributed by atoms with Crippen LogP contribution in [-0.2, 0) is 10.5 Å². The standard InChI is InChI=1S/C18H19ClN2OS/c1-13-6-14(2)8-16(7-13)11-23-12-18(22)21-20-10-15-4-3-5-17(19)9-15/h3-10H,11-12H2,1-2H3,(H,21,22)/b20-10-. The van der Waals surface area contributed by atoms with Crippen molar-refractivity contribution in [3.63, 3.8) is 0 Å². The molecule has 0 aliphatic rings. The van der Waals surface area contributed by atoms with E-state index in [1.54, 1.807) is 30.1 Å². The molecule has 0 spiro atoms. The average molecular weight is 347 g/mol. The van der Waals surface area contributed by atoms with Crippen LogP contribution in [-0.4, -0.2) is 17.9 Å². The fourth-order valence-electron chi connectivity index (χ4n) is 2.21. The normalized spacial score (nSPS) is 10.9. The monoisotopic (exact) mass is 346 g/mol. The van der Waals surface area contributed by atoms with Crippen LogP contribution in [0.15, 0.2) is 47.6 Å². The summed E-state index contributed by atoms with van der Waals surface area (Å²) >= 11 is 7.46. The molecule has 5 heteroatoms. The number of rotatable bonds is 6. The van der Waals surface area contributed by atoms with Crippen molar-refractivity contribution in [1.82, 2.24) is 5.43 Å². The molecule has 0 saturated carbocycles. The fraction of sp³-hybridized carbons (Fsp3) is 0.222. The lowest BCUT2D eigenvalue weighted by atomic mass is 10.1. The lowest BCUT2D eigenvalue weighted by Gasteiger charge is -2.04. The third-order valence-electron chi connectivity index (χ3n) is 3.03. The summed E-state index contributed by atoms with van der Waals surface area (Å²) in [7, 11) is 0. The van der Waals surface area contributed by atoms with Gasteiger partial charge in [-0.1, -0.05) is 53.1 Å². The molecule has 0 fully saturated rings. The molecule has 1 N–H and O–H groups in total. The molecular formula is C18H19ClN2OS. The Balaban J connectivity index is 1.75. The van der Waals surface area contributed by atoms with Gasteiger partial charge in [0.25, 0.3) is 0 Å². The molecule has 0 saturated heterocycles. The number of thioether (sulfide) groups is 1.